The van der Waals surface area contributed by atoms with Gasteiger partial charge in [0.1, 0.15) is 6.17 Å². The number of rotatable bonds is 0. The van der Waals surface area contributed by atoms with Gasteiger partial charge in [0.2, 0.25) is 0 Å². The monoisotopic (exact) mass is 128 g/mol. The van der Waals surface area contributed by atoms with Gasteiger partial charge in [0.15, 0.2) is 0 Å². The molecule has 0 saturated carbocycles. The fourth-order valence-electron chi connectivity index (χ4n) is 0.966. The van der Waals surface area contributed by atoms with E-state index in [-0.39, 0.29) is 5.92 Å². The molecule has 9 heavy (non-hydrogen) atoms. The van der Waals surface area contributed by atoms with Crippen molar-refractivity contribution in [2.24, 2.45) is 5.92 Å². The third-order valence-corrected chi connectivity index (χ3v) is 1.57. The van der Waals surface area contributed by atoms with E-state index in [1.165, 1.54) is 0 Å². The van der Waals surface area contributed by atoms with Gasteiger partial charge in [0, 0.05) is 6.54 Å². The van der Waals surface area contributed by atoms with Crippen LogP contribution in [0.4, 0.5) is 4.39 Å². The van der Waals surface area contributed by atoms with Crippen LogP contribution in [0.5, 0.6) is 0 Å². The lowest BCUT2D eigenvalue weighted by Gasteiger charge is -2.20. The third kappa shape index (κ3) is 1.39. The van der Waals surface area contributed by atoms with Crippen molar-refractivity contribution >= 4 is 0 Å². The zero-order valence-corrected chi connectivity index (χ0v) is 5.10. The van der Waals surface area contributed by atoms with Crippen molar-refractivity contribution in [3.8, 4) is 6.07 Å². The highest BCUT2D eigenvalue weighted by Crippen LogP contribution is 2.13. The standard InChI is InChI=1S/C6H9FN2/c7-6-4-9-2-1-5(6)3-8/h5-6,9H,1-2,4H2/t5-,6-/m1/s1. The van der Waals surface area contributed by atoms with Crippen LogP contribution < -0.4 is 5.32 Å². The van der Waals surface area contributed by atoms with E-state index in [0.29, 0.717) is 13.0 Å². The van der Waals surface area contributed by atoms with Crippen LogP contribution in [0, 0.1) is 17.2 Å². The molecule has 2 atom stereocenters. The molecule has 1 fully saturated rings. The predicted octanol–water partition coefficient (Wildman–Crippen LogP) is 0.458. The van der Waals surface area contributed by atoms with E-state index < -0.39 is 6.17 Å². The molecule has 1 aliphatic heterocycles. The molecule has 1 aliphatic rings. The topological polar surface area (TPSA) is 35.8 Å². The summed E-state index contributed by atoms with van der Waals surface area (Å²) in [6, 6.07) is 1.94. The van der Waals surface area contributed by atoms with Gasteiger partial charge in [-0.3, -0.25) is 0 Å². The molecule has 0 aliphatic carbocycles. The molecule has 1 rings (SSSR count). The Morgan fingerprint density at radius 1 is 1.67 bits per heavy atom. The number of hydrogen-bond acceptors (Lipinski definition) is 2. The lowest BCUT2D eigenvalue weighted by Crippen LogP contribution is -2.37. The Morgan fingerprint density at radius 2 is 2.44 bits per heavy atom. The summed E-state index contributed by atoms with van der Waals surface area (Å²) in [5.41, 5.74) is 0. The van der Waals surface area contributed by atoms with Crippen LogP contribution in [0.25, 0.3) is 0 Å². The van der Waals surface area contributed by atoms with Crippen molar-refractivity contribution in [2.75, 3.05) is 13.1 Å². The van der Waals surface area contributed by atoms with Gasteiger partial charge in [-0.2, -0.15) is 5.26 Å². The van der Waals surface area contributed by atoms with Gasteiger partial charge in [-0.15, -0.1) is 0 Å². The highest BCUT2D eigenvalue weighted by atomic mass is 19.1. The van der Waals surface area contributed by atoms with Crippen molar-refractivity contribution in [2.45, 2.75) is 12.6 Å². The summed E-state index contributed by atoms with van der Waals surface area (Å²) in [4.78, 5) is 0. The van der Waals surface area contributed by atoms with Gasteiger partial charge in [0.25, 0.3) is 0 Å². The van der Waals surface area contributed by atoms with Gasteiger partial charge >= 0.3 is 0 Å². The molecule has 0 bridgehead atoms. The summed E-state index contributed by atoms with van der Waals surface area (Å²) in [5.74, 6) is -0.369. The minimum absolute atomic E-state index is 0.345. The zero-order chi connectivity index (χ0) is 6.69. The van der Waals surface area contributed by atoms with E-state index >= 15 is 0 Å². The van der Waals surface area contributed by atoms with Crippen LogP contribution in [0.3, 0.4) is 0 Å². The normalized spacial score (nSPS) is 35.6. The van der Waals surface area contributed by atoms with E-state index in [2.05, 4.69) is 5.32 Å². The average Bonchev–Trinajstić information content (AvgIpc) is 1.89. The van der Waals surface area contributed by atoms with E-state index in [0.717, 1.165) is 6.54 Å². The van der Waals surface area contributed by atoms with Crippen LogP contribution in [-0.4, -0.2) is 19.3 Å². The molecule has 0 unspecified atom stereocenters. The Hall–Kier alpha value is -0.620. The number of nitrogens with one attached hydrogen (secondary N) is 1. The van der Waals surface area contributed by atoms with Crippen molar-refractivity contribution in [3.63, 3.8) is 0 Å². The molecule has 0 aromatic carbocycles. The molecule has 1 N–H and O–H groups in total. The lowest BCUT2D eigenvalue weighted by molar-refractivity contribution is 0.218. The molecule has 50 valence electrons. The minimum atomic E-state index is -0.955. The number of hydrogen-bond donors (Lipinski definition) is 1. The minimum Gasteiger partial charge on any atom is -0.314 e. The fourth-order valence-corrected chi connectivity index (χ4v) is 0.966. The SMILES string of the molecule is N#C[C@H]1CCNC[C@H]1F. The molecule has 1 heterocycles. The highest BCUT2D eigenvalue weighted by Gasteiger charge is 2.23. The number of nitrogens with zero attached hydrogens (tertiary/aromatic N) is 1. The summed E-state index contributed by atoms with van der Waals surface area (Å²) in [6.07, 6.45) is -0.304. The number of piperidine rings is 1. The Bertz CT molecular complexity index is 130. The molecular weight excluding hydrogens is 119 g/mol. The largest absolute Gasteiger partial charge is 0.314 e. The summed E-state index contributed by atoms with van der Waals surface area (Å²) >= 11 is 0. The van der Waals surface area contributed by atoms with Crippen LogP contribution >= 0.6 is 0 Å². The van der Waals surface area contributed by atoms with Gasteiger partial charge in [-0.1, -0.05) is 0 Å². The second-order valence-corrected chi connectivity index (χ2v) is 2.24. The van der Waals surface area contributed by atoms with Crippen molar-refractivity contribution in [1.82, 2.24) is 5.32 Å². The quantitative estimate of drug-likeness (QED) is 0.514. The molecule has 0 amide bonds. The number of alkyl halides is 1. The maximum atomic E-state index is 12.6. The van der Waals surface area contributed by atoms with Crippen molar-refractivity contribution in [3.05, 3.63) is 0 Å². The maximum Gasteiger partial charge on any atom is 0.128 e. The van der Waals surface area contributed by atoms with Crippen LogP contribution in [0.2, 0.25) is 0 Å². The predicted molar refractivity (Wildman–Crippen MR) is 31.5 cm³/mol. The highest BCUT2D eigenvalue weighted by molar-refractivity contribution is 4.92. The number of halogens is 1. The summed E-state index contributed by atoms with van der Waals surface area (Å²) in [6.45, 7) is 1.12. The maximum absolute atomic E-state index is 12.6. The smallest absolute Gasteiger partial charge is 0.128 e. The molecular formula is C6H9FN2. The molecule has 3 heteroatoms. The Balaban J connectivity index is 2.41. The van der Waals surface area contributed by atoms with Crippen LogP contribution in [0.15, 0.2) is 0 Å². The molecule has 2 nitrogen and oxygen atoms in total. The lowest BCUT2D eigenvalue weighted by atomic mass is 9.98. The Kier molecular flexibility index (Phi) is 2.01. The van der Waals surface area contributed by atoms with Crippen molar-refractivity contribution in [1.29, 1.82) is 5.26 Å². The average molecular weight is 128 g/mol. The number of nitriles is 1. The van der Waals surface area contributed by atoms with Crippen LogP contribution in [0.1, 0.15) is 6.42 Å². The molecule has 0 spiro atoms. The first kappa shape index (κ1) is 6.50. The van der Waals surface area contributed by atoms with Gasteiger partial charge < -0.3 is 5.32 Å². The second kappa shape index (κ2) is 2.79. The second-order valence-electron chi connectivity index (χ2n) is 2.24. The molecule has 0 aromatic rings. The van der Waals surface area contributed by atoms with Gasteiger partial charge in [-0.05, 0) is 13.0 Å². The van der Waals surface area contributed by atoms with E-state index in [9.17, 15) is 4.39 Å². The molecule has 0 aromatic heterocycles. The fraction of sp³-hybridized carbons (Fsp3) is 0.833. The Labute approximate surface area is 53.7 Å². The van der Waals surface area contributed by atoms with Gasteiger partial charge in [-0.25, -0.2) is 4.39 Å². The molecule has 0 radical (unpaired) electrons. The zero-order valence-electron chi connectivity index (χ0n) is 5.10. The summed E-state index contributed by atoms with van der Waals surface area (Å²) in [5, 5.41) is 11.2. The van der Waals surface area contributed by atoms with Gasteiger partial charge in [0.05, 0.1) is 12.0 Å². The summed E-state index contributed by atoms with van der Waals surface area (Å²) in [7, 11) is 0. The van der Waals surface area contributed by atoms with E-state index in [4.69, 9.17) is 5.26 Å². The first-order chi connectivity index (χ1) is 4.34. The third-order valence-electron chi connectivity index (χ3n) is 1.57. The van der Waals surface area contributed by atoms with Crippen LogP contribution in [-0.2, 0) is 0 Å². The van der Waals surface area contributed by atoms with E-state index in [1.807, 2.05) is 6.07 Å². The van der Waals surface area contributed by atoms with Crippen molar-refractivity contribution < 1.29 is 4.39 Å². The summed E-state index contributed by atoms with van der Waals surface area (Å²) < 4.78 is 12.6. The molecule has 1 saturated heterocycles. The first-order valence-electron chi connectivity index (χ1n) is 3.09. The first-order valence-corrected chi connectivity index (χ1v) is 3.09. The Morgan fingerprint density at radius 3 is 2.89 bits per heavy atom. The van der Waals surface area contributed by atoms with E-state index in [1.54, 1.807) is 0 Å².